The number of carbonyl (C=O) groups excluding carboxylic acids is 1. The van der Waals surface area contributed by atoms with Crippen molar-refractivity contribution in [1.29, 1.82) is 0 Å². The van der Waals surface area contributed by atoms with E-state index in [1.807, 2.05) is 30.0 Å². The number of piperidine rings is 1. The van der Waals surface area contributed by atoms with Gasteiger partial charge in [0, 0.05) is 12.0 Å². The first kappa shape index (κ1) is 22.1. The molecule has 1 fully saturated rings. The third-order valence-electron chi connectivity index (χ3n) is 7.95. The van der Waals surface area contributed by atoms with Crippen molar-refractivity contribution >= 4 is 6.09 Å². The molecule has 1 aliphatic carbocycles. The molecule has 35 heavy (non-hydrogen) atoms. The third kappa shape index (κ3) is 3.95. The summed E-state index contributed by atoms with van der Waals surface area (Å²) < 4.78 is 20.6. The van der Waals surface area contributed by atoms with Gasteiger partial charge in [-0.2, -0.15) is 0 Å². The van der Waals surface area contributed by atoms with Gasteiger partial charge in [0.05, 0.1) is 6.04 Å². The van der Waals surface area contributed by atoms with E-state index in [0.29, 0.717) is 18.6 Å². The molecular weight excluding hydrogens is 437 g/mol. The molecule has 3 aliphatic rings. The molecule has 3 aromatic rings. The van der Waals surface area contributed by atoms with E-state index < -0.39 is 0 Å². The van der Waals surface area contributed by atoms with Crippen LogP contribution in [-0.2, 0) is 11.2 Å². The van der Waals surface area contributed by atoms with Gasteiger partial charge in [-0.25, -0.2) is 9.18 Å². The Labute approximate surface area is 206 Å². The van der Waals surface area contributed by atoms with Crippen molar-refractivity contribution in [1.82, 2.24) is 4.90 Å². The lowest BCUT2D eigenvalue weighted by Crippen LogP contribution is -2.52. The van der Waals surface area contributed by atoms with Crippen molar-refractivity contribution in [2.24, 2.45) is 0 Å². The number of hydrogen-bond acceptors (Lipinski definition) is 2. The van der Waals surface area contributed by atoms with Gasteiger partial charge in [-0.3, -0.25) is 4.90 Å². The molecule has 2 heterocycles. The molecule has 2 atom stereocenters. The minimum atomic E-state index is -0.224. The topological polar surface area (TPSA) is 29.5 Å². The largest absolute Gasteiger partial charge is 0.448 e. The van der Waals surface area contributed by atoms with Crippen LogP contribution in [0.25, 0.3) is 11.1 Å². The Bertz CT molecular complexity index is 1270. The molecule has 0 spiro atoms. The van der Waals surface area contributed by atoms with Crippen LogP contribution in [0.2, 0.25) is 0 Å². The highest BCUT2D eigenvalue weighted by molar-refractivity contribution is 5.79. The number of rotatable bonds is 4. The summed E-state index contributed by atoms with van der Waals surface area (Å²) in [5.74, 6) is -0.0519. The number of aryl methyl sites for hydroxylation is 1. The molecule has 0 aromatic heterocycles. The van der Waals surface area contributed by atoms with Gasteiger partial charge in [0.1, 0.15) is 12.4 Å². The molecule has 1 saturated heterocycles. The molecule has 3 nitrogen and oxygen atoms in total. The van der Waals surface area contributed by atoms with E-state index >= 15 is 0 Å². The molecule has 6 rings (SSSR count). The Morgan fingerprint density at radius 1 is 0.971 bits per heavy atom. The standard InChI is InChI=1S/C31H30FNO2/c1-20-8-6-9-22(30(20)32)16-21-17-23-10-7-11-24(18-21)33(23)31(34)35-19-29-27-14-4-2-12-25(27)26-13-3-5-15-28(26)29/h2-6,8-9,12-15,17,23-24,29H,7,10-11,16,18-19H2,1H3. The number of halogens is 1. The summed E-state index contributed by atoms with van der Waals surface area (Å²) in [6.45, 7) is 2.15. The van der Waals surface area contributed by atoms with Gasteiger partial charge in [0.15, 0.2) is 0 Å². The monoisotopic (exact) mass is 467 g/mol. The van der Waals surface area contributed by atoms with E-state index in [2.05, 4.69) is 54.6 Å². The fourth-order valence-corrected chi connectivity index (χ4v) is 6.29. The third-order valence-corrected chi connectivity index (χ3v) is 7.95. The number of fused-ring (bicyclic) bond motifs is 5. The Balaban J connectivity index is 1.19. The van der Waals surface area contributed by atoms with Crippen LogP contribution in [0.15, 0.2) is 78.4 Å². The number of ether oxygens (including phenoxy) is 1. The fourth-order valence-electron chi connectivity index (χ4n) is 6.29. The van der Waals surface area contributed by atoms with E-state index in [-0.39, 0.29) is 29.9 Å². The summed E-state index contributed by atoms with van der Waals surface area (Å²) >= 11 is 0. The first-order valence-corrected chi connectivity index (χ1v) is 12.7. The average molecular weight is 468 g/mol. The van der Waals surface area contributed by atoms with Gasteiger partial charge in [-0.1, -0.05) is 78.4 Å². The molecule has 0 radical (unpaired) electrons. The van der Waals surface area contributed by atoms with Crippen molar-refractivity contribution in [3.8, 4) is 11.1 Å². The maximum absolute atomic E-state index is 14.6. The Morgan fingerprint density at radius 2 is 1.69 bits per heavy atom. The van der Waals surface area contributed by atoms with E-state index in [1.165, 1.54) is 27.8 Å². The van der Waals surface area contributed by atoms with E-state index in [1.54, 1.807) is 0 Å². The smallest absolute Gasteiger partial charge is 0.410 e. The molecule has 2 unspecified atom stereocenters. The first-order chi connectivity index (χ1) is 17.1. The van der Waals surface area contributed by atoms with Gasteiger partial charge in [-0.05, 0) is 72.4 Å². The fraction of sp³-hybridized carbons (Fsp3) is 0.323. The van der Waals surface area contributed by atoms with Crippen molar-refractivity contribution in [3.63, 3.8) is 0 Å². The molecule has 2 aliphatic heterocycles. The number of hydrogen-bond donors (Lipinski definition) is 0. The number of carbonyl (C=O) groups is 1. The Hall–Kier alpha value is -3.40. The van der Waals surface area contributed by atoms with Gasteiger partial charge in [0.2, 0.25) is 0 Å². The van der Waals surface area contributed by atoms with E-state index in [9.17, 15) is 9.18 Å². The number of nitrogens with zero attached hydrogens (tertiary/aromatic N) is 1. The SMILES string of the molecule is Cc1cccc(CC2=CC3CCCC(C2)N3C(=O)OCC2c3ccccc3-c3ccccc32)c1F. The summed E-state index contributed by atoms with van der Waals surface area (Å²) in [7, 11) is 0. The summed E-state index contributed by atoms with van der Waals surface area (Å²) in [6, 6.07) is 22.6. The second-order valence-electron chi connectivity index (χ2n) is 10.1. The van der Waals surface area contributed by atoms with Crippen LogP contribution in [0.5, 0.6) is 0 Å². The van der Waals surface area contributed by atoms with Gasteiger partial charge >= 0.3 is 6.09 Å². The van der Waals surface area contributed by atoms with Crippen LogP contribution < -0.4 is 0 Å². The minimum Gasteiger partial charge on any atom is -0.448 e. The zero-order chi connectivity index (χ0) is 23.9. The molecular formula is C31H30FNO2. The summed E-state index contributed by atoms with van der Waals surface area (Å²) in [5, 5.41) is 0. The lowest BCUT2D eigenvalue weighted by atomic mass is 9.83. The quantitative estimate of drug-likeness (QED) is 0.380. The molecule has 1 amide bonds. The molecule has 178 valence electrons. The number of amides is 1. The second-order valence-corrected chi connectivity index (χ2v) is 10.1. The van der Waals surface area contributed by atoms with E-state index in [4.69, 9.17) is 4.74 Å². The first-order valence-electron chi connectivity index (χ1n) is 12.7. The van der Waals surface area contributed by atoms with Crippen LogP contribution in [0.3, 0.4) is 0 Å². The summed E-state index contributed by atoms with van der Waals surface area (Å²) in [5.41, 5.74) is 7.56. The predicted octanol–water partition coefficient (Wildman–Crippen LogP) is 7.18. The summed E-state index contributed by atoms with van der Waals surface area (Å²) in [4.78, 5) is 15.3. The van der Waals surface area contributed by atoms with Crippen molar-refractivity contribution in [2.45, 2.75) is 57.0 Å². The average Bonchev–Trinajstić information content (AvgIpc) is 3.18. The van der Waals surface area contributed by atoms with Crippen molar-refractivity contribution in [3.05, 3.63) is 106 Å². The molecule has 4 heteroatoms. The Kier molecular flexibility index (Phi) is 5.68. The predicted molar refractivity (Wildman–Crippen MR) is 136 cm³/mol. The van der Waals surface area contributed by atoms with Crippen molar-refractivity contribution < 1.29 is 13.9 Å². The highest BCUT2D eigenvalue weighted by Crippen LogP contribution is 2.45. The zero-order valence-electron chi connectivity index (χ0n) is 20.0. The molecule has 0 saturated carbocycles. The maximum Gasteiger partial charge on any atom is 0.410 e. The lowest BCUT2D eigenvalue weighted by molar-refractivity contribution is 0.0509. The van der Waals surface area contributed by atoms with Crippen LogP contribution in [0.4, 0.5) is 9.18 Å². The minimum absolute atomic E-state index is 0.0287. The van der Waals surface area contributed by atoms with Gasteiger partial charge in [-0.15, -0.1) is 0 Å². The normalized spacial score (nSPS) is 20.7. The van der Waals surface area contributed by atoms with Crippen LogP contribution >= 0.6 is 0 Å². The molecule has 2 bridgehead atoms. The Morgan fingerprint density at radius 3 is 2.40 bits per heavy atom. The highest BCUT2D eigenvalue weighted by Gasteiger charge is 2.39. The molecule has 0 N–H and O–H groups in total. The molecule has 3 aromatic carbocycles. The van der Waals surface area contributed by atoms with Crippen LogP contribution in [0.1, 0.15) is 53.9 Å². The lowest BCUT2D eigenvalue weighted by Gasteiger charge is -2.44. The second kappa shape index (κ2) is 8.99. The van der Waals surface area contributed by atoms with Crippen LogP contribution in [0, 0.1) is 12.7 Å². The summed E-state index contributed by atoms with van der Waals surface area (Å²) in [6.07, 6.45) is 6.37. The van der Waals surface area contributed by atoms with Crippen LogP contribution in [-0.4, -0.2) is 29.7 Å². The number of benzene rings is 3. The van der Waals surface area contributed by atoms with E-state index in [0.717, 1.165) is 31.2 Å². The zero-order valence-corrected chi connectivity index (χ0v) is 20.0. The maximum atomic E-state index is 14.6. The van der Waals surface area contributed by atoms with Crippen molar-refractivity contribution in [2.75, 3.05) is 6.61 Å². The van der Waals surface area contributed by atoms with Gasteiger partial charge in [0.25, 0.3) is 0 Å². The highest BCUT2D eigenvalue weighted by atomic mass is 19.1. The van der Waals surface area contributed by atoms with Gasteiger partial charge < -0.3 is 4.74 Å².